The predicted octanol–water partition coefficient (Wildman–Crippen LogP) is 6.81. The minimum absolute atomic E-state index is 0. The summed E-state index contributed by atoms with van der Waals surface area (Å²) in [5, 5.41) is 17.4. The molecule has 44 heavy (non-hydrogen) atoms. The second-order valence-corrected chi connectivity index (χ2v) is 12.1. The third kappa shape index (κ3) is 10.2. The molecule has 1 N–H and O–H groups in total. The molecular formula is C30H38Cl2N6O6. The molecule has 12 nitrogen and oxygen atoms in total. The van der Waals surface area contributed by atoms with Gasteiger partial charge < -0.3 is 19.3 Å². The van der Waals surface area contributed by atoms with Gasteiger partial charge in [-0.25, -0.2) is 28.9 Å². The average Bonchev–Trinajstić information content (AvgIpc) is 3.60. The maximum Gasteiger partial charge on any atom is 0.341 e. The molecule has 4 aromatic rings. The van der Waals surface area contributed by atoms with Gasteiger partial charge in [0.05, 0.1) is 24.3 Å². The fourth-order valence-corrected chi connectivity index (χ4v) is 3.73. The van der Waals surface area contributed by atoms with Crippen molar-refractivity contribution in [2.45, 2.75) is 54.1 Å². The molecule has 0 bridgehead atoms. The van der Waals surface area contributed by atoms with Crippen LogP contribution in [-0.2, 0) is 4.74 Å². The lowest BCUT2D eigenvalue weighted by Gasteiger charge is -2.19. The van der Waals surface area contributed by atoms with Crippen molar-refractivity contribution in [3.05, 3.63) is 70.2 Å². The van der Waals surface area contributed by atoms with Gasteiger partial charge in [0.1, 0.15) is 15.9 Å². The Hall–Kier alpha value is -4.16. The highest BCUT2D eigenvalue weighted by molar-refractivity contribution is 6.32. The van der Waals surface area contributed by atoms with Crippen molar-refractivity contribution in [3.63, 3.8) is 0 Å². The third-order valence-corrected chi connectivity index (χ3v) is 5.82. The molecule has 0 aliphatic rings. The molecule has 0 amide bonds. The maximum absolute atomic E-state index is 12.1. The van der Waals surface area contributed by atoms with Crippen LogP contribution in [0.15, 0.2) is 48.8 Å². The lowest BCUT2D eigenvalue weighted by atomic mass is 10.2. The summed E-state index contributed by atoms with van der Waals surface area (Å²) >= 11 is 11.9. The maximum atomic E-state index is 12.1. The van der Waals surface area contributed by atoms with Crippen LogP contribution in [-0.4, -0.2) is 65.4 Å². The molecule has 0 unspecified atom stereocenters. The number of carboxylic acids is 1. The molecule has 0 saturated heterocycles. The zero-order valence-corrected chi connectivity index (χ0v) is 27.1. The lowest BCUT2D eigenvalue weighted by molar-refractivity contribution is 0.00690. The highest BCUT2D eigenvalue weighted by Gasteiger charge is 2.21. The molecular weight excluding hydrogens is 611 g/mol. The summed E-state index contributed by atoms with van der Waals surface area (Å²) in [6, 6.07) is 9.63. The van der Waals surface area contributed by atoms with E-state index in [1.54, 1.807) is 62.1 Å². The number of hydrogen-bond acceptors (Lipinski definition) is 9. The number of carboxylic acid groups (broad SMARTS) is 1. The van der Waals surface area contributed by atoms with Gasteiger partial charge in [-0.3, -0.25) is 0 Å². The zero-order chi connectivity index (χ0) is 32.6. The first-order valence-electron chi connectivity index (χ1n) is 13.8. The molecule has 0 atom stereocenters. The number of rotatable bonds is 10. The summed E-state index contributed by atoms with van der Waals surface area (Å²) in [6.07, 6.45) is 3.40. The summed E-state index contributed by atoms with van der Waals surface area (Å²) in [6.45, 7) is 14.8. The van der Waals surface area contributed by atoms with E-state index in [1.807, 2.05) is 13.8 Å². The molecule has 4 rings (SSSR count). The Morgan fingerprint density at radius 2 is 1.23 bits per heavy atom. The molecule has 238 valence electrons. The highest BCUT2D eigenvalue weighted by Crippen LogP contribution is 2.21. The quantitative estimate of drug-likeness (QED) is 0.144. The molecule has 14 heteroatoms. The van der Waals surface area contributed by atoms with Crippen molar-refractivity contribution in [1.82, 2.24) is 29.5 Å². The monoisotopic (exact) mass is 648 g/mol. The molecule has 0 aliphatic carbocycles. The van der Waals surface area contributed by atoms with Gasteiger partial charge in [-0.15, -0.1) is 10.2 Å². The number of aromatic nitrogens is 6. The normalized spacial score (nSPS) is 11.2. The Morgan fingerprint density at radius 3 is 1.59 bits per heavy atom. The van der Waals surface area contributed by atoms with E-state index in [-0.39, 0.29) is 22.9 Å². The first-order valence-corrected chi connectivity index (χ1v) is 14.6. The fourth-order valence-electron chi connectivity index (χ4n) is 3.28. The summed E-state index contributed by atoms with van der Waals surface area (Å²) in [5.41, 5.74) is -0.415. The van der Waals surface area contributed by atoms with Crippen molar-refractivity contribution in [1.29, 1.82) is 0 Å². The molecule has 0 fully saturated rings. The smallest absolute Gasteiger partial charge is 0.341 e. The first kappa shape index (κ1) is 34.3. The fraction of sp³-hybridized carbons (Fsp3) is 0.400. The second-order valence-electron chi connectivity index (χ2n) is 11.4. The van der Waals surface area contributed by atoms with Gasteiger partial charge in [0, 0.05) is 26.0 Å². The number of nitrogens with zero attached hydrogens (tertiary/aromatic N) is 6. The number of aromatic carboxylic acids is 1. The van der Waals surface area contributed by atoms with E-state index in [0.717, 1.165) is 0 Å². The van der Waals surface area contributed by atoms with Crippen molar-refractivity contribution in [2.24, 2.45) is 11.8 Å². The number of carbonyl (C=O) groups is 2. The Labute approximate surface area is 267 Å². The van der Waals surface area contributed by atoms with Crippen LogP contribution in [0.2, 0.25) is 10.3 Å². The van der Waals surface area contributed by atoms with Gasteiger partial charge >= 0.3 is 11.9 Å². The Kier molecular flexibility index (Phi) is 11.7. The van der Waals surface area contributed by atoms with Crippen LogP contribution in [0.4, 0.5) is 0 Å². The predicted molar refractivity (Wildman–Crippen MR) is 168 cm³/mol. The number of pyridine rings is 2. The summed E-state index contributed by atoms with van der Waals surface area (Å²) < 4.78 is 19.3. The van der Waals surface area contributed by atoms with E-state index in [1.165, 1.54) is 16.8 Å². The van der Waals surface area contributed by atoms with Crippen molar-refractivity contribution >= 4 is 35.1 Å². The molecule has 0 saturated carbocycles. The largest absolute Gasteiger partial charge is 0.478 e. The van der Waals surface area contributed by atoms with Crippen LogP contribution in [0.25, 0.3) is 11.6 Å². The average molecular weight is 650 g/mol. The number of esters is 1. The van der Waals surface area contributed by atoms with Gasteiger partial charge in [-0.2, -0.15) is 0 Å². The highest BCUT2D eigenvalue weighted by atomic mass is 35.5. The Balaban J connectivity index is 0.000000311. The molecule has 0 aromatic carbocycles. The van der Waals surface area contributed by atoms with Gasteiger partial charge in [0.15, 0.2) is 11.6 Å². The van der Waals surface area contributed by atoms with Crippen LogP contribution in [0, 0.1) is 11.8 Å². The topological polar surface area (TPSA) is 143 Å². The number of carbonyl (C=O) groups excluding carboxylic acids is 1. The molecule has 4 aromatic heterocycles. The third-order valence-electron chi connectivity index (χ3n) is 5.25. The standard InChI is InChI=1S/C17H22ClN3O3.C13H14ClN3O3.H2/c1-11(2)10-23-14-8-9-21(20-14)13-7-6-12(15(18)19-13)16(22)24-17(3,4)5;1-8(2)7-20-11-5-6-17(16-11)10-4-3-9(13(18)19)12(14)15-10;/h6-9,11H,10H2,1-5H3;3-6,8H,7H2,1-2H3,(H,18,19);1H. The Morgan fingerprint density at radius 1 is 0.795 bits per heavy atom. The SMILES string of the molecule is CC(C)COc1ccn(-c2ccc(C(=O)O)c(Cl)n2)n1.CC(C)COc1ccn(-c2ccc(C(=O)OC(C)(C)C)c(Cl)n2)n1.[HH]. The van der Waals surface area contributed by atoms with E-state index in [2.05, 4.69) is 34.0 Å². The van der Waals surface area contributed by atoms with Crippen molar-refractivity contribution in [2.75, 3.05) is 13.2 Å². The number of halogens is 2. The van der Waals surface area contributed by atoms with Crippen molar-refractivity contribution in [3.8, 4) is 23.4 Å². The second kappa shape index (κ2) is 15.0. The summed E-state index contributed by atoms with van der Waals surface area (Å²) in [4.78, 5) is 31.2. The zero-order valence-electron chi connectivity index (χ0n) is 25.6. The molecule has 4 heterocycles. The summed E-state index contributed by atoms with van der Waals surface area (Å²) in [7, 11) is 0. The summed E-state index contributed by atoms with van der Waals surface area (Å²) in [5.74, 6) is 1.12. The minimum Gasteiger partial charge on any atom is -0.478 e. The minimum atomic E-state index is -1.12. The van der Waals surface area contributed by atoms with E-state index in [9.17, 15) is 9.59 Å². The molecule has 0 aliphatic heterocycles. The van der Waals surface area contributed by atoms with E-state index in [0.29, 0.717) is 48.4 Å². The van der Waals surface area contributed by atoms with Crippen LogP contribution in [0.3, 0.4) is 0 Å². The van der Waals surface area contributed by atoms with E-state index >= 15 is 0 Å². The van der Waals surface area contributed by atoms with Gasteiger partial charge in [-0.1, -0.05) is 50.9 Å². The number of hydrogen-bond donors (Lipinski definition) is 1. The van der Waals surface area contributed by atoms with Gasteiger partial charge in [0.25, 0.3) is 0 Å². The van der Waals surface area contributed by atoms with Crippen LogP contribution < -0.4 is 9.47 Å². The van der Waals surface area contributed by atoms with E-state index in [4.69, 9.17) is 42.5 Å². The van der Waals surface area contributed by atoms with Crippen LogP contribution in [0.1, 0.15) is 70.6 Å². The molecule has 0 spiro atoms. The van der Waals surface area contributed by atoms with Crippen LogP contribution in [0.5, 0.6) is 11.8 Å². The van der Waals surface area contributed by atoms with Gasteiger partial charge in [-0.05, 0) is 56.9 Å². The van der Waals surface area contributed by atoms with Gasteiger partial charge in [0.2, 0.25) is 11.8 Å². The molecule has 0 radical (unpaired) electrons. The van der Waals surface area contributed by atoms with Crippen LogP contribution >= 0.6 is 23.2 Å². The van der Waals surface area contributed by atoms with Crippen molar-refractivity contribution < 1.29 is 30.3 Å². The number of ether oxygens (including phenoxy) is 3. The Bertz CT molecular complexity index is 1590. The van der Waals surface area contributed by atoms with E-state index < -0.39 is 17.5 Å². The first-order chi connectivity index (χ1) is 20.6. The lowest BCUT2D eigenvalue weighted by Crippen LogP contribution is -2.24.